The molecular formula is C10H12BrNOS. The molecular weight excluding hydrogens is 262 g/mol. The number of nitrogens with one attached hydrogen (secondary N) is 1. The number of rotatable bonds is 3. The Balaban J connectivity index is 2.07. The molecule has 0 radical (unpaired) electrons. The zero-order valence-corrected chi connectivity index (χ0v) is 10.4. The van der Waals surface area contributed by atoms with E-state index in [2.05, 4.69) is 21.2 Å². The highest BCUT2D eigenvalue weighted by atomic mass is 79.9. The maximum absolute atomic E-state index is 11.8. The van der Waals surface area contributed by atoms with E-state index in [4.69, 9.17) is 0 Å². The first-order valence-corrected chi connectivity index (χ1v) is 6.60. The number of hydrogen-bond acceptors (Lipinski definition) is 2. The van der Waals surface area contributed by atoms with Crippen molar-refractivity contribution in [2.24, 2.45) is 0 Å². The monoisotopic (exact) mass is 273 g/mol. The van der Waals surface area contributed by atoms with Gasteiger partial charge in [0.05, 0.1) is 10.4 Å². The summed E-state index contributed by atoms with van der Waals surface area (Å²) >= 11 is 4.94. The summed E-state index contributed by atoms with van der Waals surface area (Å²) in [7, 11) is 0. The van der Waals surface area contributed by atoms with E-state index >= 15 is 0 Å². The molecule has 76 valence electrons. The van der Waals surface area contributed by atoms with E-state index in [1.165, 1.54) is 11.3 Å². The van der Waals surface area contributed by atoms with E-state index in [0.717, 1.165) is 28.6 Å². The number of halogens is 1. The van der Waals surface area contributed by atoms with Crippen LogP contribution in [0.1, 0.15) is 28.1 Å². The lowest BCUT2D eigenvalue weighted by Crippen LogP contribution is -2.37. The fourth-order valence-corrected chi connectivity index (χ4v) is 2.87. The number of thiophene rings is 1. The lowest BCUT2D eigenvalue weighted by Gasteiger charge is -2.13. The third-order valence-electron chi connectivity index (χ3n) is 2.56. The lowest BCUT2D eigenvalue weighted by atomic mass is 10.2. The largest absolute Gasteiger partial charge is 0.345 e. The third-order valence-corrected chi connectivity index (χ3v) is 4.64. The molecule has 1 N–H and O–H groups in total. The number of alkyl halides is 1. The molecule has 1 heterocycles. The molecule has 0 aliphatic heterocycles. The summed E-state index contributed by atoms with van der Waals surface area (Å²) in [4.78, 5) is 12.7. The van der Waals surface area contributed by atoms with Crippen LogP contribution in [0.2, 0.25) is 0 Å². The van der Waals surface area contributed by atoms with Crippen molar-refractivity contribution in [3.63, 3.8) is 0 Å². The average molecular weight is 274 g/mol. The van der Waals surface area contributed by atoms with Crippen molar-refractivity contribution < 1.29 is 4.79 Å². The van der Waals surface area contributed by atoms with Crippen LogP contribution in [0.15, 0.2) is 11.4 Å². The fourth-order valence-electron chi connectivity index (χ4n) is 1.35. The van der Waals surface area contributed by atoms with Gasteiger partial charge in [0.1, 0.15) is 0 Å². The summed E-state index contributed by atoms with van der Waals surface area (Å²) in [5.41, 5.74) is 1.12. The van der Waals surface area contributed by atoms with Crippen LogP contribution in [-0.4, -0.2) is 16.8 Å². The molecule has 1 aliphatic carbocycles. The topological polar surface area (TPSA) is 29.1 Å². The van der Waals surface area contributed by atoms with Crippen LogP contribution >= 0.6 is 27.3 Å². The highest BCUT2D eigenvalue weighted by Crippen LogP contribution is 2.37. The van der Waals surface area contributed by atoms with Gasteiger partial charge in [-0.3, -0.25) is 4.79 Å². The van der Waals surface area contributed by atoms with Crippen LogP contribution < -0.4 is 5.32 Å². The van der Waals surface area contributed by atoms with Gasteiger partial charge in [-0.05, 0) is 36.8 Å². The SMILES string of the molecule is Cc1ccsc1C(=O)NC1(CBr)CC1. The van der Waals surface area contributed by atoms with Crippen LogP contribution in [0, 0.1) is 6.92 Å². The average Bonchev–Trinajstić information content (AvgIpc) is 2.80. The van der Waals surface area contributed by atoms with Crippen molar-refractivity contribution in [1.82, 2.24) is 5.32 Å². The van der Waals surface area contributed by atoms with Gasteiger partial charge in [0.25, 0.3) is 5.91 Å². The summed E-state index contributed by atoms with van der Waals surface area (Å²) in [6.07, 6.45) is 2.18. The summed E-state index contributed by atoms with van der Waals surface area (Å²) < 4.78 is 0. The van der Waals surface area contributed by atoms with Crippen molar-refractivity contribution in [3.8, 4) is 0 Å². The molecule has 0 spiro atoms. The lowest BCUT2D eigenvalue weighted by molar-refractivity contribution is 0.0940. The van der Waals surface area contributed by atoms with Crippen molar-refractivity contribution in [1.29, 1.82) is 0 Å². The van der Waals surface area contributed by atoms with Gasteiger partial charge in [0.15, 0.2) is 0 Å². The Hall–Kier alpha value is -0.350. The van der Waals surface area contributed by atoms with E-state index in [9.17, 15) is 4.79 Å². The molecule has 1 fully saturated rings. The van der Waals surface area contributed by atoms with Crippen LogP contribution in [-0.2, 0) is 0 Å². The minimum Gasteiger partial charge on any atom is -0.345 e. The van der Waals surface area contributed by atoms with Gasteiger partial charge in [-0.25, -0.2) is 0 Å². The maximum Gasteiger partial charge on any atom is 0.262 e. The highest BCUT2D eigenvalue weighted by Gasteiger charge is 2.43. The zero-order chi connectivity index (χ0) is 10.2. The Morgan fingerprint density at radius 3 is 2.86 bits per heavy atom. The number of carbonyl (C=O) groups is 1. The van der Waals surface area contributed by atoms with Crippen molar-refractivity contribution in [2.75, 3.05) is 5.33 Å². The number of aryl methyl sites for hydroxylation is 1. The summed E-state index contributed by atoms with van der Waals surface area (Å²) in [5.74, 6) is 0.0782. The molecule has 0 atom stereocenters. The van der Waals surface area contributed by atoms with Gasteiger partial charge < -0.3 is 5.32 Å². The molecule has 1 saturated carbocycles. The molecule has 2 rings (SSSR count). The van der Waals surface area contributed by atoms with E-state index < -0.39 is 0 Å². The van der Waals surface area contributed by atoms with E-state index in [1.54, 1.807) is 0 Å². The standard InChI is InChI=1S/C10H12BrNOS/c1-7-2-5-14-8(7)9(13)12-10(6-11)3-4-10/h2,5H,3-4,6H2,1H3,(H,12,13). The van der Waals surface area contributed by atoms with E-state index in [-0.39, 0.29) is 11.4 Å². The van der Waals surface area contributed by atoms with Crippen LogP contribution in [0.4, 0.5) is 0 Å². The second-order valence-corrected chi connectivity index (χ2v) is 5.28. The molecule has 1 aromatic rings. The minimum atomic E-state index is 0.0491. The smallest absolute Gasteiger partial charge is 0.262 e. The van der Waals surface area contributed by atoms with Gasteiger partial charge >= 0.3 is 0 Å². The van der Waals surface area contributed by atoms with Gasteiger partial charge in [-0.1, -0.05) is 15.9 Å². The first kappa shape index (κ1) is 10.2. The quantitative estimate of drug-likeness (QED) is 0.844. The first-order chi connectivity index (χ1) is 6.67. The minimum absolute atomic E-state index is 0.0491. The highest BCUT2D eigenvalue weighted by molar-refractivity contribution is 9.09. The predicted octanol–water partition coefficient (Wildman–Crippen LogP) is 2.71. The Kier molecular flexibility index (Phi) is 2.66. The van der Waals surface area contributed by atoms with Crippen molar-refractivity contribution in [3.05, 3.63) is 21.9 Å². The molecule has 0 aromatic carbocycles. The zero-order valence-electron chi connectivity index (χ0n) is 7.97. The predicted molar refractivity (Wildman–Crippen MR) is 62.3 cm³/mol. The van der Waals surface area contributed by atoms with Crippen LogP contribution in [0.25, 0.3) is 0 Å². The van der Waals surface area contributed by atoms with Gasteiger partial charge in [0, 0.05) is 5.33 Å². The Bertz CT molecular complexity index is 357. The molecule has 4 heteroatoms. The maximum atomic E-state index is 11.8. The molecule has 1 aromatic heterocycles. The van der Waals surface area contributed by atoms with Gasteiger partial charge in [-0.15, -0.1) is 11.3 Å². The van der Waals surface area contributed by atoms with Crippen LogP contribution in [0.3, 0.4) is 0 Å². The first-order valence-electron chi connectivity index (χ1n) is 4.59. The van der Waals surface area contributed by atoms with E-state index in [0.29, 0.717) is 0 Å². The molecule has 0 saturated heterocycles. The Morgan fingerprint density at radius 1 is 1.71 bits per heavy atom. The second kappa shape index (κ2) is 3.66. The molecule has 1 aliphatic rings. The molecule has 14 heavy (non-hydrogen) atoms. The van der Waals surface area contributed by atoms with Crippen LogP contribution in [0.5, 0.6) is 0 Å². The normalized spacial score (nSPS) is 17.9. The Labute approximate surface area is 95.8 Å². The molecule has 2 nitrogen and oxygen atoms in total. The number of hydrogen-bond donors (Lipinski definition) is 1. The third kappa shape index (κ3) is 1.86. The second-order valence-electron chi connectivity index (χ2n) is 3.80. The van der Waals surface area contributed by atoms with E-state index in [1.807, 2.05) is 18.4 Å². The number of carbonyl (C=O) groups excluding carboxylic acids is 1. The summed E-state index contributed by atoms with van der Waals surface area (Å²) in [5, 5.41) is 5.90. The number of amides is 1. The molecule has 1 amide bonds. The fraction of sp³-hybridized carbons (Fsp3) is 0.500. The van der Waals surface area contributed by atoms with Gasteiger partial charge in [0.2, 0.25) is 0 Å². The van der Waals surface area contributed by atoms with Crippen molar-refractivity contribution in [2.45, 2.75) is 25.3 Å². The molecule has 0 bridgehead atoms. The van der Waals surface area contributed by atoms with Gasteiger partial charge in [-0.2, -0.15) is 0 Å². The molecule has 0 unspecified atom stereocenters. The van der Waals surface area contributed by atoms with Crippen molar-refractivity contribution >= 4 is 33.2 Å². The summed E-state index contributed by atoms with van der Waals surface area (Å²) in [6.45, 7) is 1.97. The Morgan fingerprint density at radius 2 is 2.43 bits per heavy atom. The summed E-state index contributed by atoms with van der Waals surface area (Å²) in [6, 6.07) is 1.98.